The van der Waals surface area contributed by atoms with E-state index < -0.39 is 11.7 Å². The zero-order valence-corrected chi connectivity index (χ0v) is 21.5. The monoisotopic (exact) mass is 525 g/mol. The number of nitrogens with zero attached hydrogens (tertiary/aromatic N) is 2. The first-order valence-electron chi connectivity index (χ1n) is 12.4. The van der Waals surface area contributed by atoms with Gasteiger partial charge in [-0.1, -0.05) is 73.1 Å². The molecular formula is C31H25ClFN3O2. The van der Waals surface area contributed by atoms with E-state index in [1.165, 1.54) is 18.2 Å². The summed E-state index contributed by atoms with van der Waals surface area (Å²) in [5, 5.41) is 3.75. The zero-order chi connectivity index (χ0) is 26.6. The topological polar surface area (TPSA) is 64.0 Å². The minimum atomic E-state index is -0.612. The summed E-state index contributed by atoms with van der Waals surface area (Å²) in [6, 6.07) is 26.3. The number of hydrogen-bond donors (Lipinski definition) is 1. The van der Waals surface area contributed by atoms with E-state index in [0.29, 0.717) is 40.4 Å². The summed E-state index contributed by atoms with van der Waals surface area (Å²) in [5.41, 5.74) is 3.56. The fourth-order valence-electron chi connectivity index (χ4n) is 4.43. The highest BCUT2D eigenvalue weighted by molar-refractivity contribution is 6.33. The molecule has 5 nitrogen and oxygen atoms in total. The van der Waals surface area contributed by atoms with Crippen LogP contribution < -0.4 is 10.9 Å². The van der Waals surface area contributed by atoms with Crippen molar-refractivity contribution in [3.63, 3.8) is 0 Å². The zero-order valence-electron chi connectivity index (χ0n) is 20.7. The number of aryl methyl sites for hydroxylation is 1. The van der Waals surface area contributed by atoms with Crippen LogP contribution in [-0.2, 0) is 13.0 Å². The van der Waals surface area contributed by atoms with E-state index in [0.717, 1.165) is 23.1 Å². The maximum absolute atomic E-state index is 14.0. The highest BCUT2D eigenvalue weighted by Gasteiger charge is 2.15. The van der Waals surface area contributed by atoms with Crippen molar-refractivity contribution in [3.05, 3.63) is 129 Å². The molecule has 0 aliphatic carbocycles. The van der Waals surface area contributed by atoms with Crippen LogP contribution in [0.5, 0.6) is 0 Å². The Balaban J connectivity index is 1.48. The average Bonchev–Trinajstić information content (AvgIpc) is 2.92. The molecule has 1 heterocycles. The quantitative estimate of drug-likeness (QED) is 0.246. The molecule has 0 atom stereocenters. The van der Waals surface area contributed by atoms with Crippen molar-refractivity contribution in [3.8, 4) is 11.1 Å². The number of anilines is 1. The first-order valence-corrected chi connectivity index (χ1v) is 12.8. The van der Waals surface area contributed by atoms with Gasteiger partial charge in [0.15, 0.2) is 0 Å². The Bertz CT molecular complexity index is 1700. The van der Waals surface area contributed by atoms with Gasteiger partial charge in [-0.25, -0.2) is 9.37 Å². The van der Waals surface area contributed by atoms with E-state index in [1.54, 1.807) is 28.8 Å². The SMILES string of the molecule is CCCc1nc2ccc(NC(=O)c3ccccc3F)cc2c(=O)n1Cc1ccc(-c2ccccc2Cl)cc1. The van der Waals surface area contributed by atoms with Crippen LogP contribution in [0.4, 0.5) is 10.1 Å². The Hall–Kier alpha value is -4.29. The van der Waals surface area contributed by atoms with Crippen molar-refractivity contribution in [1.82, 2.24) is 9.55 Å². The number of fused-ring (bicyclic) bond motifs is 1. The third kappa shape index (κ3) is 5.22. The Labute approximate surface area is 224 Å². The number of rotatable bonds is 7. The largest absolute Gasteiger partial charge is 0.322 e. The molecule has 0 unspecified atom stereocenters. The lowest BCUT2D eigenvalue weighted by Gasteiger charge is -2.15. The summed E-state index contributed by atoms with van der Waals surface area (Å²) < 4.78 is 15.7. The smallest absolute Gasteiger partial charge is 0.261 e. The van der Waals surface area contributed by atoms with Crippen molar-refractivity contribution in [2.24, 2.45) is 0 Å². The van der Waals surface area contributed by atoms with Gasteiger partial charge in [0.25, 0.3) is 11.5 Å². The number of aromatic nitrogens is 2. The average molecular weight is 526 g/mol. The molecule has 4 aromatic carbocycles. The van der Waals surface area contributed by atoms with E-state index >= 15 is 0 Å². The molecule has 0 bridgehead atoms. The van der Waals surface area contributed by atoms with Crippen molar-refractivity contribution in [1.29, 1.82) is 0 Å². The molecule has 0 aliphatic rings. The lowest BCUT2D eigenvalue weighted by Crippen LogP contribution is -2.26. The Kier molecular flexibility index (Phi) is 7.33. The minimum Gasteiger partial charge on any atom is -0.322 e. The van der Waals surface area contributed by atoms with E-state index in [2.05, 4.69) is 5.32 Å². The summed E-state index contributed by atoms with van der Waals surface area (Å²) in [6.45, 7) is 2.39. The lowest BCUT2D eigenvalue weighted by atomic mass is 10.0. The summed E-state index contributed by atoms with van der Waals surface area (Å²) in [7, 11) is 0. The van der Waals surface area contributed by atoms with Gasteiger partial charge in [-0.2, -0.15) is 0 Å². The second-order valence-electron chi connectivity index (χ2n) is 9.01. The van der Waals surface area contributed by atoms with Gasteiger partial charge >= 0.3 is 0 Å². The van der Waals surface area contributed by atoms with Crippen molar-refractivity contribution in [2.75, 3.05) is 5.32 Å². The van der Waals surface area contributed by atoms with E-state index in [-0.39, 0.29) is 11.1 Å². The highest BCUT2D eigenvalue weighted by atomic mass is 35.5. The summed E-state index contributed by atoms with van der Waals surface area (Å²) in [6.07, 6.45) is 1.48. The molecule has 0 spiro atoms. The fraction of sp³-hybridized carbons (Fsp3) is 0.129. The molecule has 1 amide bonds. The highest BCUT2D eigenvalue weighted by Crippen LogP contribution is 2.28. The second-order valence-corrected chi connectivity index (χ2v) is 9.42. The van der Waals surface area contributed by atoms with E-state index in [1.807, 2.05) is 55.5 Å². The van der Waals surface area contributed by atoms with Crippen LogP contribution in [0, 0.1) is 5.82 Å². The Morgan fingerprint density at radius 1 is 0.974 bits per heavy atom. The van der Waals surface area contributed by atoms with Gasteiger partial charge < -0.3 is 5.32 Å². The molecule has 5 aromatic rings. The number of hydrogen-bond acceptors (Lipinski definition) is 3. The number of amides is 1. The number of nitrogens with one attached hydrogen (secondary N) is 1. The molecular weight excluding hydrogens is 501 g/mol. The molecule has 38 heavy (non-hydrogen) atoms. The normalized spacial score (nSPS) is 11.0. The molecule has 0 fully saturated rings. The summed E-state index contributed by atoms with van der Waals surface area (Å²) >= 11 is 6.35. The van der Waals surface area contributed by atoms with Crippen molar-refractivity contribution >= 4 is 34.1 Å². The predicted molar refractivity (Wildman–Crippen MR) is 150 cm³/mol. The molecule has 0 radical (unpaired) electrons. The maximum atomic E-state index is 14.0. The predicted octanol–water partition coefficient (Wildman–Crippen LogP) is 7.11. The Morgan fingerprint density at radius 3 is 2.45 bits per heavy atom. The standard InChI is InChI=1S/C31H25ClFN3O2/c1-2-7-29-35-28-17-16-22(34-30(37)24-9-4-6-11-27(24)33)18-25(28)31(38)36(29)19-20-12-14-21(15-13-20)23-8-3-5-10-26(23)32/h3-6,8-18H,2,7,19H2,1H3,(H,34,37). The van der Waals surface area contributed by atoms with Crippen LogP contribution >= 0.6 is 11.6 Å². The van der Waals surface area contributed by atoms with Gasteiger partial charge in [0.1, 0.15) is 11.6 Å². The summed E-state index contributed by atoms with van der Waals surface area (Å²) in [4.78, 5) is 31.0. The van der Waals surface area contributed by atoms with Gasteiger partial charge in [-0.15, -0.1) is 0 Å². The van der Waals surface area contributed by atoms with Crippen molar-refractivity contribution < 1.29 is 9.18 Å². The number of carbonyl (C=O) groups excluding carboxylic acids is 1. The lowest BCUT2D eigenvalue weighted by molar-refractivity contribution is 0.102. The Morgan fingerprint density at radius 2 is 1.71 bits per heavy atom. The maximum Gasteiger partial charge on any atom is 0.261 e. The van der Waals surface area contributed by atoms with Crippen LogP contribution in [0.25, 0.3) is 22.0 Å². The molecule has 7 heteroatoms. The fourth-order valence-corrected chi connectivity index (χ4v) is 4.68. The summed E-state index contributed by atoms with van der Waals surface area (Å²) in [5.74, 6) is -0.500. The first-order chi connectivity index (χ1) is 18.4. The van der Waals surface area contributed by atoms with Crippen LogP contribution in [0.2, 0.25) is 5.02 Å². The molecule has 1 aromatic heterocycles. The third-order valence-electron chi connectivity index (χ3n) is 6.36. The van der Waals surface area contributed by atoms with Crippen molar-refractivity contribution in [2.45, 2.75) is 26.3 Å². The van der Waals surface area contributed by atoms with Gasteiger partial charge in [-0.05, 0) is 53.9 Å². The van der Waals surface area contributed by atoms with Gasteiger partial charge in [0, 0.05) is 22.7 Å². The van der Waals surface area contributed by atoms with Gasteiger partial charge in [0.05, 0.1) is 23.0 Å². The van der Waals surface area contributed by atoms with E-state index in [4.69, 9.17) is 16.6 Å². The van der Waals surface area contributed by atoms with Gasteiger partial charge in [0.2, 0.25) is 0 Å². The number of carbonyl (C=O) groups is 1. The molecule has 0 saturated heterocycles. The second kappa shape index (κ2) is 11.0. The third-order valence-corrected chi connectivity index (χ3v) is 6.69. The van der Waals surface area contributed by atoms with Crippen LogP contribution in [0.3, 0.4) is 0 Å². The van der Waals surface area contributed by atoms with Crippen LogP contribution in [0.1, 0.15) is 35.1 Å². The van der Waals surface area contributed by atoms with Gasteiger partial charge in [-0.3, -0.25) is 14.2 Å². The van der Waals surface area contributed by atoms with E-state index in [9.17, 15) is 14.0 Å². The number of halogens is 2. The minimum absolute atomic E-state index is 0.0679. The van der Waals surface area contributed by atoms with Crippen LogP contribution in [0.15, 0.2) is 95.8 Å². The van der Waals surface area contributed by atoms with Crippen LogP contribution in [-0.4, -0.2) is 15.5 Å². The molecule has 190 valence electrons. The number of benzene rings is 4. The molecule has 0 aliphatic heterocycles. The molecule has 1 N–H and O–H groups in total. The first kappa shape index (κ1) is 25.4. The molecule has 0 saturated carbocycles. The molecule has 5 rings (SSSR count).